The molecule has 27 heavy (non-hydrogen) atoms. The largest absolute Gasteiger partial charge is 0.359 e. The van der Waals surface area contributed by atoms with E-state index in [0.29, 0.717) is 17.9 Å². The first-order chi connectivity index (χ1) is 13.1. The molecule has 1 fully saturated rings. The molecule has 1 heterocycles. The molecule has 0 spiro atoms. The van der Waals surface area contributed by atoms with Gasteiger partial charge in [-0.1, -0.05) is 24.4 Å². The average Bonchev–Trinajstić information content (AvgIpc) is 3.16. The van der Waals surface area contributed by atoms with Gasteiger partial charge in [0.2, 0.25) is 0 Å². The third-order valence-electron chi connectivity index (χ3n) is 4.82. The lowest BCUT2D eigenvalue weighted by molar-refractivity contribution is 0.0590. The monoisotopic (exact) mass is 373 g/mol. The highest BCUT2D eigenvalue weighted by molar-refractivity contribution is 5.94. The van der Waals surface area contributed by atoms with Gasteiger partial charge in [-0.2, -0.15) is 0 Å². The standard InChI is InChI=1S/C20H24FN3O3/c1-2-22-19(25)18-12-17(27-23-18)13-24(16-6-4-3-5-7-16)20(26)14-8-10-15(21)11-9-14/h8-12,16H,2-7,13H2,1H3,(H,22,25). The molecule has 1 saturated carbocycles. The van der Waals surface area contributed by atoms with E-state index in [-0.39, 0.29) is 35.9 Å². The molecule has 2 aromatic rings. The summed E-state index contributed by atoms with van der Waals surface area (Å²) in [7, 11) is 0. The second-order valence-corrected chi connectivity index (χ2v) is 6.77. The van der Waals surface area contributed by atoms with Gasteiger partial charge in [0.15, 0.2) is 11.5 Å². The first-order valence-electron chi connectivity index (χ1n) is 9.38. The van der Waals surface area contributed by atoms with Gasteiger partial charge in [0, 0.05) is 24.2 Å². The van der Waals surface area contributed by atoms with Crippen LogP contribution in [0.2, 0.25) is 0 Å². The number of halogens is 1. The average molecular weight is 373 g/mol. The molecule has 144 valence electrons. The summed E-state index contributed by atoms with van der Waals surface area (Å²) in [6, 6.07) is 7.22. The zero-order valence-electron chi connectivity index (χ0n) is 15.4. The molecule has 6 nitrogen and oxygen atoms in total. The van der Waals surface area contributed by atoms with E-state index in [4.69, 9.17) is 4.52 Å². The molecule has 0 bridgehead atoms. The van der Waals surface area contributed by atoms with Crippen LogP contribution in [-0.2, 0) is 6.54 Å². The molecule has 0 aliphatic heterocycles. The topological polar surface area (TPSA) is 75.4 Å². The fraction of sp³-hybridized carbons (Fsp3) is 0.450. The summed E-state index contributed by atoms with van der Waals surface area (Å²) in [5.41, 5.74) is 0.634. The summed E-state index contributed by atoms with van der Waals surface area (Å²) in [4.78, 5) is 26.7. The Hall–Kier alpha value is -2.70. The minimum absolute atomic E-state index is 0.0920. The van der Waals surface area contributed by atoms with E-state index in [9.17, 15) is 14.0 Å². The predicted molar refractivity (Wildman–Crippen MR) is 97.7 cm³/mol. The van der Waals surface area contributed by atoms with E-state index in [1.165, 1.54) is 30.7 Å². The summed E-state index contributed by atoms with van der Waals surface area (Å²) < 4.78 is 18.5. The Kier molecular flexibility index (Phi) is 6.21. The van der Waals surface area contributed by atoms with E-state index in [1.54, 1.807) is 11.0 Å². The summed E-state index contributed by atoms with van der Waals surface area (Å²) in [5.74, 6) is -0.394. The van der Waals surface area contributed by atoms with Crippen LogP contribution in [0, 0.1) is 5.82 Å². The fourth-order valence-electron chi connectivity index (χ4n) is 3.43. The van der Waals surface area contributed by atoms with Crippen LogP contribution < -0.4 is 5.32 Å². The molecule has 0 radical (unpaired) electrons. The summed E-state index contributed by atoms with van der Waals surface area (Å²) in [6.45, 7) is 2.55. The van der Waals surface area contributed by atoms with Gasteiger partial charge >= 0.3 is 0 Å². The number of nitrogens with one attached hydrogen (secondary N) is 1. The van der Waals surface area contributed by atoms with Crippen molar-refractivity contribution in [3.63, 3.8) is 0 Å². The molecule has 1 N–H and O–H groups in total. The number of aromatic nitrogens is 1. The first-order valence-corrected chi connectivity index (χ1v) is 9.38. The Morgan fingerprint density at radius 2 is 1.93 bits per heavy atom. The molecule has 1 aromatic heterocycles. The Labute approximate surface area is 157 Å². The van der Waals surface area contributed by atoms with Gasteiger partial charge in [-0.05, 0) is 44.0 Å². The van der Waals surface area contributed by atoms with Crippen molar-refractivity contribution in [2.75, 3.05) is 6.54 Å². The smallest absolute Gasteiger partial charge is 0.273 e. The van der Waals surface area contributed by atoms with Crippen LogP contribution in [0.4, 0.5) is 4.39 Å². The van der Waals surface area contributed by atoms with Crippen molar-refractivity contribution in [1.29, 1.82) is 0 Å². The minimum Gasteiger partial charge on any atom is -0.359 e. The normalized spacial score (nSPS) is 14.7. The highest BCUT2D eigenvalue weighted by Crippen LogP contribution is 2.26. The molecule has 3 rings (SSSR count). The van der Waals surface area contributed by atoms with Crippen LogP contribution in [0.3, 0.4) is 0 Å². The van der Waals surface area contributed by atoms with E-state index < -0.39 is 0 Å². The maximum atomic E-state index is 13.2. The SMILES string of the molecule is CCNC(=O)c1cc(CN(C(=O)c2ccc(F)cc2)C2CCCCC2)on1. The lowest BCUT2D eigenvalue weighted by atomic mass is 9.93. The Morgan fingerprint density at radius 3 is 2.59 bits per heavy atom. The van der Waals surface area contributed by atoms with E-state index >= 15 is 0 Å². The number of rotatable bonds is 6. The number of hydrogen-bond acceptors (Lipinski definition) is 4. The Balaban J connectivity index is 1.80. The van der Waals surface area contributed by atoms with Crippen molar-refractivity contribution in [3.8, 4) is 0 Å². The third kappa shape index (κ3) is 4.72. The molecule has 0 atom stereocenters. The molecule has 1 aliphatic rings. The number of carbonyl (C=O) groups excluding carboxylic acids is 2. The first kappa shape index (κ1) is 19.1. The van der Waals surface area contributed by atoms with E-state index in [1.807, 2.05) is 6.92 Å². The molecule has 0 saturated heterocycles. The van der Waals surface area contributed by atoms with Crippen molar-refractivity contribution in [1.82, 2.24) is 15.4 Å². The van der Waals surface area contributed by atoms with Gasteiger partial charge in [0.1, 0.15) is 5.82 Å². The van der Waals surface area contributed by atoms with Crippen molar-refractivity contribution in [2.24, 2.45) is 0 Å². The molecule has 1 aromatic carbocycles. The number of benzene rings is 1. The quantitative estimate of drug-likeness (QED) is 0.840. The Morgan fingerprint density at radius 1 is 1.22 bits per heavy atom. The highest BCUT2D eigenvalue weighted by atomic mass is 19.1. The molecular formula is C20H24FN3O3. The molecule has 1 aliphatic carbocycles. The van der Waals surface area contributed by atoms with Gasteiger partial charge < -0.3 is 14.7 Å². The summed E-state index contributed by atoms with van der Waals surface area (Å²) in [5, 5.41) is 6.47. The van der Waals surface area contributed by atoms with E-state index in [2.05, 4.69) is 10.5 Å². The molecule has 0 unspecified atom stereocenters. The molecule has 2 amide bonds. The van der Waals surface area contributed by atoms with Crippen LogP contribution in [0.25, 0.3) is 0 Å². The van der Waals surface area contributed by atoms with Crippen LogP contribution in [0.1, 0.15) is 65.6 Å². The third-order valence-corrected chi connectivity index (χ3v) is 4.82. The van der Waals surface area contributed by atoms with Crippen LogP contribution in [0.15, 0.2) is 34.9 Å². The van der Waals surface area contributed by atoms with Crippen molar-refractivity contribution in [3.05, 3.63) is 53.2 Å². The van der Waals surface area contributed by atoms with Crippen molar-refractivity contribution >= 4 is 11.8 Å². The highest BCUT2D eigenvalue weighted by Gasteiger charge is 2.28. The number of amides is 2. The van der Waals surface area contributed by atoms with Gasteiger partial charge in [-0.15, -0.1) is 0 Å². The van der Waals surface area contributed by atoms with Crippen LogP contribution in [0.5, 0.6) is 0 Å². The lowest BCUT2D eigenvalue weighted by Crippen LogP contribution is -2.40. The van der Waals surface area contributed by atoms with Gasteiger partial charge in [0.25, 0.3) is 11.8 Å². The second kappa shape index (κ2) is 8.79. The number of hydrogen-bond donors (Lipinski definition) is 1. The summed E-state index contributed by atoms with van der Waals surface area (Å²) >= 11 is 0. The van der Waals surface area contributed by atoms with Crippen LogP contribution >= 0.6 is 0 Å². The fourth-order valence-corrected chi connectivity index (χ4v) is 3.43. The minimum atomic E-state index is -0.377. The van der Waals surface area contributed by atoms with Crippen LogP contribution in [-0.4, -0.2) is 34.5 Å². The maximum absolute atomic E-state index is 13.2. The number of nitrogens with zero attached hydrogens (tertiary/aromatic N) is 2. The molecule has 7 heteroatoms. The predicted octanol–water partition coefficient (Wildman–Crippen LogP) is 3.54. The van der Waals surface area contributed by atoms with Crippen molar-refractivity contribution in [2.45, 2.75) is 51.6 Å². The summed E-state index contributed by atoms with van der Waals surface area (Å²) in [6.07, 6.45) is 5.14. The van der Waals surface area contributed by atoms with Gasteiger partial charge in [-0.25, -0.2) is 4.39 Å². The zero-order chi connectivity index (χ0) is 19.2. The molecular weight excluding hydrogens is 349 g/mol. The van der Waals surface area contributed by atoms with Gasteiger partial charge in [0.05, 0.1) is 6.54 Å². The van der Waals surface area contributed by atoms with Gasteiger partial charge in [-0.3, -0.25) is 9.59 Å². The number of carbonyl (C=O) groups is 2. The zero-order valence-corrected chi connectivity index (χ0v) is 15.4. The maximum Gasteiger partial charge on any atom is 0.273 e. The Bertz CT molecular complexity index is 782. The van der Waals surface area contributed by atoms with E-state index in [0.717, 1.165) is 25.7 Å². The van der Waals surface area contributed by atoms with Crippen molar-refractivity contribution < 1.29 is 18.5 Å². The lowest BCUT2D eigenvalue weighted by Gasteiger charge is -2.33. The second-order valence-electron chi connectivity index (χ2n) is 6.77.